The standard InChI is InChI=1S/C36H67N3O11/c1-5-31(41)14-16-33(26-39-34(43)6-2)50-36(45)38-19-11-21-47-23-25-48-24-22-46-20-10-18-37-35(44)17-15-32(42)13-9-7-8-12-30(27-40)28-49-29(3)4/h29-30,33,40H,5-28H2,1-4H3,(H,37,44)(H,38,45)(H,39,43). The van der Waals surface area contributed by atoms with E-state index in [-0.39, 0.29) is 67.8 Å². The summed E-state index contributed by atoms with van der Waals surface area (Å²) in [5.41, 5.74) is 0. The summed E-state index contributed by atoms with van der Waals surface area (Å²) in [5.74, 6) is 0.0386. The van der Waals surface area contributed by atoms with Gasteiger partial charge in [-0.05, 0) is 46.0 Å². The highest BCUT2D eigenvalue weighted by atomic mass is 16.6. The summed E-state index contributed by atoms with van der Waals surface area (Å²) in [6.07, 6.45) is 6.09. The maximum absolute atomic E-state index is 12.1. The van der Waals surface area contributed by atoms with Crippen LogP contribution < -0.4 is 16.0 Å². The zero-order valence-electron chi connectivity index (χ0n) is 31.2. The Balaban J connectivity index is 3.64. The largest absolute Gasteiger partial charge is 0.444 e. The lowest BCUT2D eigenvalue weighted by atomic mass is 10.0. The van der Waals surface area contributed by atoms with Gasteiger partial charge in [-0.25, -0.2) is 4.79 Å². The maximum Gasteiger partial charge on any atom is 0.407 e. The van der Waals surface area contributed by atoms with Crippen molar-refractivity contribution in [2.24, 2.45) is 5.92 Å². The lowest BCUT2D eigenvalue weighted by Gasteiger charge is -2.18. The fourth-order valence-electron chi connectivity index (χ4n) is 4.51. The van der Waals surface area contributed by atoms with E-state index in [4.69, 9.17) is 23.7 Å². The van der Waals surface area contributed by atoms with Crippen molar-refractivity contribution < 1.29 is 52.8 Å². The van der Waals surface area contributed by atoms with E-state index < -0.39 is 12.2 Å². The molecule has 2 unspecified atom stereocenters. The Hall–Kier alpha value is -2.65. The number of aliphatic hydroxyl groups excluding tert-OH is 1. The quantitative estimate of drug-likeness (QED) is 0.0701. The van der Waals surface area contributed by atoms with Gasteiger partial charge in [-0.3, -0.25) is 19.2 Å². The average molecular weight is 718 g/mol. The van der Waals surface area contributed by atoms with Gasteiger partial charge < -0.3 is 44.7 Å². The smallest absolute Gasteiger partial charge is 0.407 e. The van der Waals surface area contributed by atoms with Crippen molar-refractivity contribution in [3.8, 4) is 0 Å². The van der Waals surface area contributed by atoms with E-state index in [0.29, 0.717) is 97.9 Å². The van der Waals surface area contributed by atoms with Gasteiger partial charge in [-0.2, -0.15) is 0 Å². The van der Waals surface area contributed by atoms with Crippen LogP contribution in [0.5, 0.6) is 0 Å². The van der Waals surface area contributed by atoms with Crippen molar-refractivity contribution in [2.45, 2.75) is 123 Å². The number of Topliss-reactive ketones (excluding diaryl/α,β-unsaturated/α-hetero) is 2. The van der Waals surface area contributed by atoms with Gasteiger partial charge in [0.1, 0.15) is 17.7 Å². The zero-order chi connectivity index (χ0) is 37.2. The van der Waals surface area contributed by atoms with Gasteiger partial charge in [-0.1, -0.05) is 26.7 Å². The van der Waals surface area contributed by atoms with Gasteiger partial charge in [0.05, 0.1) is 45.7 Å². The van der Waals surface area contributed by atoms with Crippen molar-refractivity contribution in [2.75, 3.05) is 72.5 Å². The number of ether oxygens (including phenoxy) is 5. The van der Waals surface area contributed by atoms with Crippen LogP contribution in [0.25, 0.3) is 0 Å². The molecular formula is C36H67N3O11. The Kier molecular flexibility index (Phi) is 31.7. The first-order valence-corrected chi connectivity index (χ1v) is 18.6. The van der Waals surface area contributed by atoms with Gasteiger partial charge in [0.2, 0.25) is 11.8 Å². The van der Waals surface area contributed by atoms with E-state index in [1.807, 2.05) is 13.8 Å². The summed E-state index contributed by atoms with van der Waals surface area (Å²) < 4.78 is 27.5. The number of rotatable bonds is 35. The molecule has 14 heteroatoms. The highest BCUT2D eigenvalue weighted by molar-refractivity contribution is 5.84. The van der Waals surface area contributed by atoms with Crippen molar-refractivity contribution in [3.63, 3.8) is 0 Å². The molecule has 0 aliphatic heterocycles. The fraction of sp³-hybridized carbons (Fsp3) is 0.861. The first kappa shape index (κ1) is 47.4. The molecule has 0 aromatic rings. The van der Waals surface area contributed by atoms with Crippen LogP contribution >= 0.6 is 0 Å². The van der Waals surface area contributed by atoms with Gasteiger partial charge in [0.25, 0.3) is 0 Å². The Morgan fingerprint density at radius 1 is 0.620 bits per heavy atom. The molecule has 3 amide bonds. The summed E-state index contributed by atoms with van der Waals surface area (Å²) in [4.78, 5) is 59.4. The molecule has 0 aromatic heterocycles. The maximum atomic E-state index is 12.1. The van der Waals surface area contributed by atoms with Crippen molar-refractivity contribution >= 4 is 29.5 Å². The molecule has 0 aromatic carbocycles. The van der Waals surface area contributed by atoms with E-state index in [0.717, 1.165) is 25.7 Å². The van der Waals surface area contributed by atoms with Crippen molar-refractivity contribution in [3.05, 3.63) is 0 Å². The second-order valence-corrected chi connectivity index (χ2v) is 12.5. The predicted octanol–water partition coefficient (Wildman–Crippen LogP) is 3.65. The average Bonchev–Trinajstić information content (AvgIpc) is 3.10. The van der Waals surface area contributed by atoms with Gasteiger partial charge in [0.15, 0.2) is 0 Å². The molecule has 292 valence electrons. The summed E-state index contributed by atoms with van der Waals surface area (Å²) in [5, 5.41) is 17.6. The molecule has 0 aliphatic carbocycles. The number of hydrogen-bond donors (Lipinski definition) is 4. The van der Waals surface area contributed by atoms with Gasteiger partial charge in [-0.15, -0.1) is 0 Å². The van der Waals surface area contributed by atoms with E-state index in [9.17, 15) is 29.1 Å². The predicted molar refractivity (Wildman–Crippen MR) is 190 cm³/mol. The molecule has 4 N–H and O–H groups in total. The number of nitrogens with one attached hydrogen (secondary N) is 3. The second-order valence-electron chi connectivity index (χ2n) is 12.5. The third-order valence-corrected chi connectivity index (χ3v) is 7.65. The molecule has 0 saturated carbocycles. The molecule has 0 saturated heterocycles. The number of unbranched alkanes of at least 4 members (excludes halogenated alkanes) is 2. The highest BCUT2D eigenvalue weighted by Crippen LogP contribution is 2.13. The molecule has 0 rings (SSSR count). The Labute approximate surface area is 299 Å². The number of aliphatic hydroxyl groups is 1. The van der Waals surface area contributed by atoms with Crippen LogP contribution in [0.3, 0.4) is 0 Å². The Bertz CT molecular complexity index is 885. The van der Waals surface area contributed by atoms with Gasteiger partial charge in [0, 0.05) is 77.4 Å². The number of carbonyl (C=O) groups excluding carboxylic acids is 5. The van der Waals surface area contributed by atoms with Crippen molar-refractivity contribution in [1.29, 1.82) is 0 Å². The molecule has 2 atom stereocenters. The Morgan fingerprint density at radius 2 is 1.26 bits per heavy atom. The van der Waals surface area contributed by atoms with Crippen molar-refractivity contribution in [1.82, 2.24) is 16.0 Å². The van der Waals surface area contributed by atoms with E-state index in [1.54, 1.807) is 13.8 Å². The monoisotopic (exact) mass is 717 g/mol. The molecule has 0 spiro atoms. The van der Waals surface area contributed by atoms with E-state index >= 15 is 0 Å². The molecule has 0 aliphatic rings. The molecule has 0 bridgehead atoms. The summed E-state index contributed by atoms with van der Waals surface area (Å²) in [6.45, 7) is 11.7. The number of carbonyl (C=O) groups is 5. The number of amides is 3. The minimum Gasteiger partial charge on any atom is -0.444 e. The molecular weight excluding hydrogens is 650 g/mol. The van der Waals surface area contributed by atoms with Crippen LogP contribution in [0.4, 0.5) is 4.79 Å². The third-order valence-electron chi connectivity index (χ3n) is 7.65. The first-order chi connectivity index (χ1) is 24.1. The third kappa shape index (κ3) is 31.3. The fourth-order valence-corrected chi connectivity index (χ4v) is 4.51. The summed E-state index contributed by atoms with van der Waals surface area (Å²) in [6, 6.07) is 0. The lowest BCUT2D eigenvalue weighted by Crippen LogP contribution is -2.38. The number of ketones is 2. The number of hydrogen-bond acceptors (Lipinski definition) is 11. The molecule has 0 fully saturated rings. The molecule has 14 nitrogen and oxygen atoms in total. The first-order valence-electron chi connectivity index (χ1n) is 18.6. The SMILES string of the molecule is CCC(=O)CCC(CNC(=O)CC)OC(=O)NCCCOCCOCCOCCCNC(=O)CCC(=O)CCCCCC(CO)COC(C)C. The van der Waals surface area contributed by atoms with E-state index in [1.165, 1.54) is 0 Å². The normalized spacial score (nSPS) is 12.4. The lowest BCUT2D eigenvalue weighted by molar-refractivity contribution is -0.125. The molecule has 0 radical (unpaired) electrons. The Morgan fingerprint density at radius 3 is 1.86 bits per heavy atom. The summed E-state index contributed by atoms with van der Waals surface area (Å²) in [7, 11) is 0. The van der Waals surface area contributed by atoms with Crippen LogP contribution in [-0.4, -0.2) is 119 Å². The van der Waals surface area contributed by atoms with Crippen LogP contribution in [0.15, 0.2) is 0 Å². The topological polar surface area (TPSA) is 188 Å². The highest BCUT2D eigenvalue weighted by Gasteiger charge is 2.17. The molecule has 50 heavy (non-hydrogen) atoms. The van der Waals surface area contributed by atoms with Crippen LogP contribution in [0, 0.1) is 5.92 Å². The van der Waals surface area contributed by atoms with Crippen LogP contribution in [0.2, 0.25) is 0 Å². The van der Waals surface area contributed by atoms with E-state index in [2.05, 4.69) is 16.0 Å². The number of alkyl carbamates (subject to hydrolysis) is 1. The molecule has 0 heterocycles. The van der Waals surface area contributed by atoms with Crippen LogP contribution in [-0.2, 0) is 42.9 Å². The van der Waals surface area contributed by atoms with Crippen LogP contribution in [0.1, 0.15) is 111 Å². The zero-order valence-corrected chi connectivity index (χ0v) is 31.2. The minimum absolute atomic E-state index is 0.0754. The summed E-state index contributed by atoms with van der Waals surface area (Å²) >= 11 is 0. The minimum atomic E-state index is -0.599. The van der Waals surface area contributed by atoms with Gasteiger partial charge >= 0.3 is 6.09 Å². The second kappa shape index (κ2) is 33.5.